The predicted molar refractivity (Wildman–Crippen MR) is 130 cm³/mol. The van der Waals surface area contributed by atoms with Crippen LogP contribution >= 0.6 is 0 Å². The number of likely N-dealkylation sites (N-methyl/N-ethyl adjacent to an activating group) is 1. The van der Waals surface area contributed by atoms with E-state index in [-0.39, 0.29) is 11.4 Å². The number of rotatable bonds is 11. The first-order chi connectivity index (χ1) is 16.3. The van der Waals surface area contributed by atoms with Gasteiger partial charge in [0, 0.05) is 32.7 Å². The Hall–Kier alpha value is -2.69. The van der Waals surface area contributed by atoms with E-state index in [2.05, 4.69) is 22.2 Å². The summed E-state index contributed by atoms with van der Waals surface area (Å²) < 4.78 is 46.5. The van der Waals surface area contributed by atoms with E-state index in [1.807, 2.05) is 6.92 Å². The Morgan fingerprint density at radius 2 is 1.71 bits per heavy atom. The van der Waals surface area contributed by atoms with Crippen LogP contribution in [0.1, 0.15) is 13.3 Å². The molecule has 8 nitrogen and oxygen atoms in total. The second-order valence-corrected chi connectivity index (χ2v) is 10.1. The predicted octanol–water partition coefficient (Wildman–Crippen LogP) is 2.17. The fourth-order valence-electron chi connectivity index (χ4n) is 3.71. The van der Waals surface area contributed by atoms with E-state index in [0.29, 0.717) is 24.6 Å². The smallest absolute Gasteiger partial charge is 0.264 e. The summed E-state index contributed by atoms with van der Waals surface area (Å²) in [5.41, 5.74) is 0.320. The van der Waals surface area contributed by atoms with Crippen LogP contribution in [0.15, 0.2) is 53.4 Å². The zero-order valence-corrected chi connectivity index (χ0v) is 20.6. The molecule has 186 valence electrons. The zero-order valence-electron chi connectivity index (χ0n) is 19.7. The molecule has 34 heavy (non-hydrogen) atoms. The molecule has 1 N–H and O–H groups in total. The minimum absolute atomic E-state index is 0.0920. The number of carbonyl (C=O) groups excluding carboxylic acids is 1. The van der Waals surface area contributed by atoms with Crippen LogP contribution in [-0.4, -0.2) is 83.6 Å². The number of nitrogens with one attached hydrogen (secondary N) is 1. The summed E-state index contributed by atoms with van der Waals surface area (Å²) in [7, 11) is -1.99. The van der Waals surface area contributed by atoms with Crippen LogP contribution in [-0.2, 0) is 14.8 Å². The SMILES string of the molecule is CCOc1ccc(N(CC(=O)NCCCN2CCN(C)CC2)S(=O)(=O)c2ccc(F)cc2)cc1. The van der Waals surface area contributed by atoms with Gasteiger partial charge in [0.1, 0.15) is 18.1 Å². The molecular formula is C24H33FN4O4S. The van der Waals surface area contributed by atoms with Crippen molar-refractivity contribution in [2.24, 2.45) is 0 Å². The van der Waals surface area contributed by atoms with Gasteiger partial charge in [-0.05, 0) is 75.5 Å². The van der Waals surface area contributed by atoms with Crippen LogP contribution in [0.2, 0.25) is 0 Å². The number of hydrogen-bond donors (Lipinski definition) is 1. The molecule has 3 rings (SSSR count). The first kappa shape index (κ1) is 25.9. The number of ether oxygens (including phenoxy) is 1. The normalized spacial score (nSPS) is 15.1. The van der Waals surface area contributed by atoms with Crippen LogP contribution in [0.25, 0.3) is 0 Å². The number of nitrogens with zero attached hydrogens (tertiary/aromatic N) is 3. The summed E-state index contributed by atoms with van der Waals surface area (Å²) in [6, 6.07) is 11.0. The van der Waals surface area contributed by atoms with Crippen LogP contribution in [0.5, 0.6) is 5.75 Å². The van der Waals surface area contributed by atoms with Gasteiger partial charge in [0.2, 0.25) is 5.91 Å². The van der Waals surface area contributed by atoms with Gasteiger partial charge in [0.15, 0.2) is 0 Å². The summed E-state index contributed by atoms with van der Waals surface area (Å²) in [6.45, 7) is 7.36. The molecule has 1 aliphatic rings. The lowest BCUT2D eigenvalue weighted by Gasteiger charge is -2.32. The van der Waals surface area contributed by atoms with Crippen LogP contribution in [0.4, 0.5) is 10.1 Å². The van der Waals surface area contributed by atoms with E-state index in [1.54, 1.807) is 24.3 Å². The third-order valence-corrected chi connectivity index (χ3v) is 7.48. The number of piperazine rings is 1. The molecule has 0 spiro atoms. The number of benzene rings is 2. The highest BCUT2D eigenvalue weighted by Crippen LogP contribution is 2.26. The summed E-state index contributed by atoms with van der Waals surface area (Å²) in [5.74, 6) is -0.346. The molecule has 10 heteroatoms. The van der Waals surface area contributed by atoms with Crippen molar-refractivity contribution in [2.75, 3.05) is 63.8 Å². The minimum Gasteiger partial charge on any atom is -0.494 e. The van der Waals surface area contributed by atoms with E-state index >= 15 is 0 Å². The van der Waals surface area contributed by atoms with Crippen LogP contribution < -0.4 is 14.4 Å². The Morgan fingerprint density at radius 1 is 1.06 bits per heavy atom. The van der Waals surface area contributed by atoms with Gasteiger partial charge >= 0.3 is 0 Å². The molecule has 0 bridgehead atoms. The third-order valence-electron chi connectivity index (χ3n) is 5.69. The molecule has 1 aliphatic heterocycles. The molecule has 2 aromatic carbocycles. The Bertz CT molecular complexity index is 1020. The molecule has 0 saturated carbocycles. The van der Waals surface area contributed by atoms with Gasteiger partial charge in [-0.1, -0.05) is 0 Å². The van der Waals surface area contributed by atoms with Crippen molar-refractivity contribution in [1.29, 1.82) is 0 Å². The van der Waals surface area contributed by atoms with Crippen molar-refractivity contribution in [3.8, 4) is 5.75 Å². The fraction of sp³-hybridized carbons (Fsp3) is 0.458. The molecule has 1 amide bonds. The molecule has 1 heterocycles. The second kappa shape index (κ2) is 12.1. The maximum Gasteiger partial charge on any atom is 0.264 e. The van der Waals surface area contributed by atoms with Gasteiger partial charge in [-0.15, -0.1) is 0 Å². The van der Waals surface area contributed by atoms with Gasteiger partial charge in [-0.25, -0.2) is 12.8 Å². The van der Waals surface area contributed by atoms with E-state index < -0.39 is 21.7 Å². The second-order valence-electron chi connectivity index (χ2n) is 8.24. The first-order valence-corrected chi connectivity index (χ1v) is 12.9. The third kappa shape index (κ3) is 7.15. The summed E-state index contributed by atoms with van der Waals surface area (Å²) in [4.78, 5) is 17.3. The summed E-state index contributed by atoms with van der Waals surface area (Å²) in [5, 5.41) is 2.83. The number of halogens is 1. The van der Waals surface area contributed by atoms with E-state index in [4.69, 9.17) is 4.74 Å². The highest BCUT2D eigenvalue weighted by Gasteiger charge is 2.27. The molecule has 0 atom stereocenters. The molecule has 2 aromatic rings. The van der Waals surface area contributed by atoms with Gasteiger partial charge in [0.05, 0.1) is 17.2 Å². The molecular weight excluding hydrogens is 459 g/mol. The first-order valence-electron chi connectivity index (χ1n) is 11.5. The highest BCUT2D eigenvalue weighted by molar-refractivity contribution is 7.92. The van der Waals surface area contributed by atoms with Crippen molar-refractivity contribution in [2.45, 2.75) is 18.2 Å². The number of sulfonamides is 1. The molecule has 0 aromatic heterocycles. The maximum absolute atomic E-state index is 13.4. The largest absolute Gasteiger partial charge is 0.494 e. The molecule has 1 saturated heterocycles. The van der Waals surface area contributed by atoms with Gasteiger partial charge in [-0.2, -0.15) is 0 Å². The Balaban J connectivity index is 1.66. The number of hydrogen-bond acceptors (Lipinski definition) is 6. The standard InChI is InChI=1S/C24H33FN4O4S/c1-3-33-22-9-7-21(8-10-22)29(34(31,32)23-11-5-20(25)6-12-23)19-24(30)26-13-4-14-28-17-15-27(2)16-18-28/h5-12H,3-4,13-19H2,1-2H3,(H,26,30). The topological polar surface area (TPSA) is 82.2 Å². The van der Waals surface area contributed by atoms with Gasteiger partial charge < -0.3 is 19.9 Å². The minimum atomic E-state index is -4.09. The van der Waals surface area contributed by atoms with Crippen LogP contribution in [0.3, 0.4) is 0 Å². The zero-order chi connectivity index (χ0) is 24.6. The van der Waals surface area contributed by atoms with Crippen molar-refractivity contribution >= 4 is 21.6 Å². The van der Waals surface area contributed by atoms with Crippen molar-refractivity contribution in [1.82, 2.24) is 15.1 Å². The fourth-order valence-corrected chi connectivity index (χ4v) is 5.13. The lowest BCUT2D eigenvalue weighted by Crippen LogP contribution is -2.45. The Morgan fingerprint density at radius 3 is 2.32 bits per heavy atom. The maximum atomic E-state index is 13.4. The average Bonchev–Trinajstić information content (AvgIpc) is 2.82. The van der Waals surface area contributed by atoms with Crippen LogP contribution in [0, 0.1) is 5.82 Å². The van der Waals surface area contributed by atoms with E-state index in [1.165, 1.54) is 12.1 Å². The Labute approximate surface area is 201 Å². The van der Waals surface area contributed by atoms with E-state index in [9.17, 15) is 17.6 Å². The molecule has 0 aliphatic carbocycles. The summed E-state index contributed by atoms with van der Waals surface area (Å²) >= 11 is 0. The molecule has 1 fully saturated rings. The van der Waals surface area contributed by atoms with Crippen molar-refractivity contribution in [3.05, 3.63) is 54.3 Å². The molecule has 0 radical (unpaired) electrons. The lowest BCUT2D eigenvalue weighted by atomic mass is 10.3. The van der Waals surface area contributed by atoms with E-state index in [0.717, 1.165) is 55.6 Å². The van der Waals surface area contributed by atoms with Gasteiger partial charge in [-0.3, -0.25) is 9.10 Å². The number of anilines is 1. The Kier molecular flexibility index (Phi) is 9.26. The summed E-state index contributed by atoms with van der Waals surface area (Å²) in [6.07, 6.45) is 0.781. The van der Waals surface area contributed by atoms with Crippen molar-refractivity contribution < 1.29 is 22.3 Å². The quantitative estimate of drug-likeness (QED) is 0.484. The number of carbonyl (C=O) groups is 1. The van der Waals surface area contributed by atoms with Gasteiger partial charge in [0.25, 0.3) is 10.0 Å². The number of amides is 1. The lowest BCUT2D eigenvalue weighted by molar-refractivity contribution is -0.119. The average molecular weight is 493 g/mol. The molecule has 0 unspecified atom stereocenters. The van der Waals surface area contributed by atoms with Crippen molar-refractivity contribution in [3.63, 3.8) is 0 Å². The highest BCUT2D eigenvalue weighted by atomic mass is 32.2. The monoisotopic (exact) mass is 492 g/mol.